The van der Waals surface area contributed by atoms with Gasteiger partial charge in [-0.05, 0) is 10.4 Å². The van der Waals surface area contributed by atoms with Crippen LogP contribution in [0.15, 0.2) is 60.7 Å². The molecule has 2 nitrogen and oxygen atoms in total. The molecule has 2 rings (SSSR count). The molecule has 0 saturated carbocycles. The quantitative estimate of drug-likeness (QED) is 0.641. The molecule has 0 aliphatic heterocycles. The van der Waals surface area contributed by atoms with Crippen LogP contribution < -0.4 is 10.4 Å². The predicted molar refractivity (Wildman–Crippen MR) is 80.0 cm³/mol. The largest absolute Gasteiger partial charge is 0.449 e. The monoisotopic (exact) mass is 276 g/mol. The molecule has 0 spiro atoms. The molecule has 17 heavy (non-hydrogen) atoms. The van der Waals surface area contributed by atoms with Crippen LogP contribution >= 0.6 is 0 Å². The maximum absolute atomic E-state index is 6.05. The number of hydrogen-bond acceptors (Lipinski definition) is 2. The Morgan fingerprint density at radius 3 is 1.71 bits per heavy atom. The van der Waals surface area contributed by atoms with Crippen LogP contribution in [-0.2, 0) is 8.23 Å². The minimum Gasteiger partial charge on any atom is -0.449 e. The van der Waals surface area contributed by atoms with Crippen LogP contribution in [0.1, 0.15) is 0 Å². The summed E-state index contributed by atoms with van der Waals surface area (Å²) in [5.41, 5.74) is 0. The lowest BCUT2D eigenvalue weighted by atomic mass is 10.4. The van der Waals surface area contributed by atoms with Crippen LogP contribution in [0.3, 0.4) is 0 Å². The molecule has 0 saturated heterocycles. The lowest BCUT2D eigenvalue weighted by molar-refractivity contribution is 0.501. The summed E-state index contributed by atoms with van der Waals surface area (Å²) in [7, 11) is -1.52. The minimum absolute atomic E-state index is 0.778. The van der Waals surface area contributed by atoms with E-state index in [4.69, 9.17) is 8.23 Å². The first-order valence-corrected chi connectivity index (χ1v) is 9.22. The predicted octanol–water partition coefficient (Wildman–Crippen LogP) is -1.16. The molecule has 0 bridgehead atoms. The van der Waals surface area contributed by atoms with Crippen molar-refractivity contribution in [2.24, 2.45) is 0 Å². The van der Waals surface area contributed by atoms with Crippen LogP contribution in [-0.4, -0.2) is 29.5 Å². The summed E-state index contributed by atoms with van der Waals surface area (Å²) >= 11 is 0. The molecule has 2 aromatic rings. The number of rotatable bonds is 5. The van der Waals surface area contributed by atoms with E-state index in [0.29, 0.717) is 0 Å². The van der Waals surface area contributed by atoms with Crippen molar-refractivity contribution in [2.45, 2.75) is 0 Å². The standard InChI is InChI=1S/C12H16O2Si3/c15-13-16-14-17(11-7-3-1-4-8-11)12-9-5-2-6-10-12/h1-10,17H,16H2,15H3. The Hall–Kier alpha value is -0.989. The first-order chi connectivity index (χ1) is 8.42. The van der Waals surface area contributed by atoms with E-state index in [1.807, 2.05) is 12.1 Å². The minimum atomic E-state index is -1.51. The Morgan fingerprint density at radius 2 is 1.29 bits per heavy atom. The normalized spacial score (nSPS) is 11.6. The van der Waals surface area contributed by atoms with Gasteiger partial charge in [-0.2, -0.15) is 0 Å². The van der Waals surface area contributed by atoms with Crippen LogP contribution in [0.2, 0.25) is 0 Å². The van der Waals surface area contributed by atoms with Crippen molar-refractivity contribution in [1.29, 1.82) is 0 Å². The second-order valence-corrected chi connectivity index (χ2v) is 9.75. The smallest absolute Gasteiger partial charge is 0.283 e. The second-order valence-electron chi connectivity index (χ2n) is 3.77. The molecule has 0 N–H and O–H groups in total. The fraction of sp³-hybridized carbons (Fsp3) is 0. The van der Waals surface area contributed by atoms with Gasteiger partial charge in [0.25, 0.3) is 10.0 Å². The average molecular weight is 277 g/mol. The molecule has 88 valence electrons. The molecule has 0 radical (unpaired) electrons. The summed E-state index contributed by atoms with van der Waals surface area (Å²) in [4.78, 5) is 0. The Bertz CT molecular complexity index is 397. The van der Waals surface area contributed by atoms with Gasteiger partial charge in [0.15, 0.2) is 0 Å². The van der Waals surface area contributed by atoms with Gasteiger partial charge >= 0.3 is 0 Å². The van der Waals surface area contributed by atoms with Crippen molar-refractivity contribution in [3.8, 4) is 0 Å². The average Bonchev–Trinajstić information content (AvgIpc) is 2.42. The van der Waals surface area contributed by atoms with Gasteiger partial charge in [0.1, 0.15) is 10.5 Å². The maximum atomic E-state index is 6.05. The summed E-state index contributed by atoms with van der Waals surface area (Å²) in [5.74, 6) is 0. The van der Waals surface area contributed by atoms with E-state index in [0.717, 1.165) is 10.5 Å². The van der Waals surface area contributed by atoms with E-state index in [1.54, 1.807) is 0 Å². The SMILES string of the molecule is [SiH3]O[SiH2]O[SiH](c1ccccc1)c1ccccc1. The lowest BCUT2D eigenvalue weighted by Gasteiger charge is -2.16. The second kappa shape index (κ2) is 6.67. The molecule has 5 heteroatoms. The van der Waals surface area contributed by atoms with Gasteiger partial charge in [0.05, 0.1) is 0 Å². The van der Waals surface area contributed by atoms with Crippen molar-refractivity contribution < 1.29 is 8.23 Å². The summed E-state index contributed by atoms with van der Waals surface area (Å²) in [6.45, 7) is 0. The zero-order chi connectivity index (χ0) is 11.9. The third-order valence-electron chi connectivity index (χ3n) is 2.56. The third-order valence-corrected chi connectivity index (χ3v) is 7.36. The summed E-state index contributed by atoms with van der Waals surface area (Å²) in [6, 6.07) is 21.0. The van der Waals surface area contributed by atoms with Gasteiger partial charge < -0.3 is 8.23 Å². The lowest BCUT2D eigenvalue weighted by Crippen LogP contribution is -2.46. The van der Waals surface area contributed by atoms with Crippen molar-refractivity contribution in [2.75, 3.05) is 0 Å². The highest BCUT2D eigenvalue weighted by Crippen LogP contribution is 1.94. The fourth-order valence-corrected chi connectivity index (χ4v) is 7.16. The van der Waals surface area contributed by atoms with Crippen LogP contribution in [0, 0.1) is 0 Å². The molecule has 0 aliphatic rings. The van der Waals surface area contributed by atoms with Gasteiger partial charge in [-0.3, -0.25) is 0 Å². The molecule has 0 aromatic heterocycles. The molecule has 2 aromatic carbocycles. The van der Waals surface area contributed by atoms with Gasteiger partial charge in [-0.25, -0.2) is 0 Å². The van der Waals surface area contributed by atoms with Crippen molar-refractivity contribution in [1.82, 2.24) is 0 Å². The van der Waals surface area contributed by atoms with Crippen LogP contribution in [0.5, 0.6) is 0 Å². The van der Waals surface area contributed by atoms with Gasteiger partial charge in [0, 0.05) is 0 Å². The summed E-state index contributed by atoms with van der Waals surface area (Å²) in [5, 5.41) is 2.65. The molecule has 0 amide bonds. The van der Waals surface area contributed by atoms with Gasteiger partial charge in [-0.15, -0.1) is 0 Å². The zero-order valence-electron chi connectivity index (χ0n) is 9.87. The van der Waals surface area contributed by atoms with E-state index < -0.39 is 19.0 Å². The highest BCUT2D eigenvalue weighted by atomic mass is 28.4. The third kappa shape index (κ3) is 3.48. The van der Waals surface area contributed by atoms with Gasteiger partial charge in [0.2, 0.25) is 9.04 Å². The Kier molecular flexibility index (Phi) is 4.90. The van der Waals surface area contributed by atoms with Gasteiger partial charge in [-0.1, -0.05) is 60.7 Å². The first kappa shape index (κ1) is 12.5. The maximum Gasteiger partial charge on any atom is 0.283 e. The molecule has 0 unspecified atom stereocenters. The molecule has 0 atom stereocenters. The Labute approximate surface area is 109 Å². The number of hydrogen-bond donors (Lipinski definition) is 0. The summed E-state index contributed by atoms with van der Waals surface area (Å²) < 4.78 is 11.4. The molecule has 0 heterocycles. The van der Waals surface area contributed by atoms with Crippen molar-refractivity contribution in [3.63, 3.8) is 0 Å². The fourth-order valence-electron chi connectivity index (χ4n) is 1.78. The summed E-state index contributed by atoms with van der Waals surface area (Å²) in [6.07, 6.45) is 0. The zero-order valence-corrected chi connectivity index (χ0v) is 14.4. The first-order valence-electron chi connectivity index (χ1n) is 5.62. The molecular weight excluding hydrogens is 260 g/mol. The van der Waals surface area contributed by atoms with Crippen LogP contribution in [0.4, 0.5) is 0 Å². The Morgan fingerprint density at radius 1 is 0.824 bits per heavy atom. The van der Waals surface area contributed by atoms with E-state index >= 15 is 0 Å². The van der Waals surface area contributed by atoms with E-state index in [9.17, 15) is 0 Å². The highest BCUT2D eigenvalue weighted by molar-refractivity contribution is 6.82. The van der Waals surface area contributed by atoms with E-state index in [1.165, 1.54) is 10.4 Å². The van der Waals surface area contributed by atoms with Crippen molar-refractivity contribution in [3.05, 3.63) is 60.7 Å². The van der Waals surface area contributed by atoms with Crippen LogP contribution in [0.25, 0.3) is 0 Å². The van der Waals surface area contributed by atoms with Crippen molar-refractivity contribution >= 4 is 39.9 Å². The topological polar surface area (TPSA) is 18.5 Å². The van der Waals surface area contributed by atoms with E-state index in [-0.39, 0.29) is 0 Å². The highest BCUT2D eigenvalue weighted by Gasteiger charge is 2.16. The number of benzene rings is 2. The molecule has 0 aliphatic carbocycles. The molecular formula is C12H16O2Si3. The van der Waals surface area contributed by atoms with E-state index in [2.05, 4.69) is 48.5 Å². The Balaban J connectivity index is 2.26. The molecule has 0 fully saturated rings.